The van der Waals surface area contributed by atoms with Gasteiger partial charge in [0.2, 0.25) is 5.88 Å². The number of pyridine rings is 1. The van der Waals surface area contributed by atoms with Gasteiger partial charge in [-0.05, 0) is 18.2 Å². The van der Waals surface area contributed by atoms with E-state index in [0.29, 0.717) is 16.9 Å². The number of hydrogen-bond donors (Lipinski definition) is 1. The van der Waals surface area contributed by atoms with Crippen LogP contribution in [0.25, 0.3) is 0 Å². The number of anilines is 1. The molecule has 25 heavy (non-hydrogen) atoms. The standard InChI is InChI=1S/C18H16FN5O/c19-16-7-13(10-20)1-2-15(16)12-25-18-9-14(11-21)8-17(23-18)24-5-3-22-4-6-24/h1-2,7-9,22H,3-6,12H2. The topological polar surface area (TPSA) is 85.0 Å². The molecule has 0 saturated carbocycles. The summed E-state index contributed by atoms with van der Waals surface area (Å²) in [4.78, 5) is 6.51. The molecule has 126 valence electrons. The lowest BCUT2D eigenvalue weighted by Gasteiger charge is -2.28. The predicted molar refractivity (Wildman–Crippen MR) is 89.5 cm³/mol. The van der Waals surface area contributed by atoms with Gasteiger partial charge in [-0.1, -0.05) is 6.07 Å². The first kappa shape index (κ1) is 16.7. The monoisotopic (exact) mass is 337 g/mol. The Morgan fingerprint density at radius 3 is 2.56 bits per heavy atom. The van der Waals surface area contributed by atoms with E-state index in [-0.39, 0.29) is 18.1 Å². The Hall–Kier alpha value is -3.16. The zero-order valence-electron chi connectivity index (χ0n) is 13.5. The Labute approximate surface area is 145 Å². The number of rotatable bonds is 4. The van der Waals surface area contributed by atoms with Crippen molar-refractivity contribution in [2.45, 2.75) is 6.61 Å². The number of nitrogens with zero attached hydrogens (tertiary/aromatic N) is 4. The van der Waals surface area contributed by atoms with Gasteiger partial charge in [0.25, 0.3) is 0 Å². The van der Waals surface area contributed by atoms with Gasteiger partial charge >= 0.3 is 0 Å². The zero-order valence-corrected chi connectivity index (χ0v) is 13.5. The lowest BCUT2D eigenvalue weighted by atomic mass is 10.1. The number of halogens is 1. The number of aromatic nitrogens is 1. The van der Waals surface area contributed by atoms with Crippen molar-refractivity contribution < 1.29 is 9.13 Å². The van der Waals surface area contributed by atoms with Crippen molar-refractivity contribution in [3.63, 3.8) is 0 Å². The SMILES string of the molecule is N#Cc1cc(OCc2ccc(C#N)cc2F)nc(N2CCNCC2)c1. The van der Waals surface area contributed by atoms with E-state index in [0.717, 1.165) is 26.2 Å². The quantitative estimate of drug-likeness (QED) is 0.918. The molecule has 1 saturated heterocycles. The number of nitrogens with one attached hydrogen (secondary N) is 1. The molecular formula is C18H16FN5O. The lowest BCUT2D eigenvalue weighted by molar-refractivity contribution is 0.288. The van der Waals surface area contributed by atoms with Crippen LogP contribution in [0, 0.1) is 28.5 Å². The maximum absolute atomic E-state index is 13.9. The molecule has 7 heteroatoms. The van der Waals surface area contributed by atoms with Crippen LogP contribution in [0.5, 0.6) is 5.88 Å². The molecule has 0 spiro atoms. The van der Waals surface area contributed by atoms with Crippen LogP contribution in [0.2, 0.25) is 0 Å². The molecule has 0 radical (unpaired) electrons. The third-order valence-corrected chi connectivity index (χ3v) is 3.92. The second-order valence-electron chi connectivity index (χ2n) is 5.61. The largest absolute Gasteiger partial charge is 0.473 e. The first-order valence-electron chi connectivity index (χ1n) is 7.89. The summed E-state index contributed by atoms with van der Waals surface area (Å²) in [6.07, 6.45) is 0. The molecule has 3 rings (SSSR count). The predicted octanol–water partition coefficient (Wildman–Crippen LogP) is 1.95. The van der Waals surface area contributed by atoms with E-state index in [2.05, 4.69) is 21.3 Å². The van der Waals surface area contributed by atoms with Crippen LogP contribution in [0.1, 0.15) is 16.7 Å². The molecule has 0 unspecified atom stereocenters. The highest BCUT2D eigenvalue weighted by molar-refractivity contribution is 5.48. The van der Waals surface area contributed by atoms with Crippen LogP contribution in [0.15, 0.2) is 30.3 Å². The summed E-state index contributed by atoms with van der Waals surface area (Å²) >= 11 is 0. The zero-order chi connectivity index (χ0) is 17.6. The Balaban J connectivity index is 1.78. The summed E-state index contributed by atoms with van der Waals surface area (Å²) in [6, 6.07) is 11.5. The molecule has 1 aliphatic heterocycles. The van der Waals surface area contributed by atoms with Crippen molar-refractivity contribution in [2.75, 3.05) is 31.1 Å². The molecule has 1 aromatic heterocycles. The summed E-state index contributed by atoms with van der Waals surface area (Å²) in [5, 5.41) is 21.3. The molecule has 0 amide bonds. The Morgan fingerprint density at radius 1 is 1.12 bits per heavy atom. The van der Waals surface area contributed by atoms with Crippen molar-refractivity contribution in [3.8, 4) is 18.0 Å². The van der Waals surface area contributed by atoms with Gasteiger partial charge in [-0.15, -0.1) is 0 Å². The minimum Gasteiger partial charge on any atom is -0.473 e. The van der Waals surface area contributed by atoms with Crippen molar-refractivity contribution in [1.29, 1.82) is 10.5 Å². The Morgan fingerprint density at radius 2 is 1.88 bits per heavy atom. The highest BCUT2D eigenvalue weighted by Gasteiger charge is 2.14. The van der Waals surface area contributed by atoms with Gasteiger partial charge in [0.1, 0.15) is 18.2 Å². The van der Waals surface area contributed by atoms with Gasteiger partial charge in [-0.25, -0.2) is 4.39 Å². The van der Waals surface area contributed by atoms with Gasteiger partial charge in [0.15, 0.2) is 0 Å². The maximum Gasteiger partial charge on any atom is 0.216 e. The van der Waals surface area contributed by atoms with E-state index < -0.39 is 5.82 Å². The van der Waals surface area contributed by atoms with Crippen molar-refractivity contribution in [3.05, 3.63) is 52.8 Å². The second-order valence-corrected chi connectivity index (χ2v) is 5.61. The van der Waals surface area contributed by atoms with E-state index >= 15 is 0 Å². The fourth-order valence-corrected chi connectivity index (χ4v) is 2.57. The number of ether oxygens (including phenoxy) is 1. The Bertz CT molecular complexity index is 850. The van der Waals surface area contributed by atoms with Crippen LogP contribution < -0.4 is 15.0 Å². The third kappa shape index (κ3) is 4.03. The minimum absolute atomic E-state index is 0.0274. The average molecular weight is 337 g/mol. The summed E-state index contributed by atoms with van der Waals surface area (Å²) in [7, 11) is 0. The van der Waals surface area contributed by atoms with Crippen LogP contribution in [0.3, 0.4) is 0 Å². The molecule has 1 fully saturated rings. The van der Waals surface area contributed by atoms with E-state index in [1.807, 2.05) is 6.07 Å². The normalized spacial score (nSPS) is 13.8. The molecule has 1 N–H and O–H groups in total. The molecule has 1 aliphatic rings. The maximum atomic E-state index is 13.9. The van der Waals surface area contributed by atoms with Crippen LogP contribution in [-0.4, -0.2) is 31.2 Å². The van der Waals surface area contributed by atoms with Crippen LogP contribution >= 0.6 is 0 Å². The van der Waals surface area contributed by atoms with Gasteiger partial charge in [-0.2, -0.15) is 15.5 Å². The van der Waals surface area contributed by atoms with E-state index in [9.17, 15) is 9.65 Å². The highest BCUT2D eigenvalue weighted by Crippen LogP contribution is 2.21. The van der Waals surface area contributed by atoms with Crippen LogP contribution in [0.4, 0.5) is 10.2 Å². The van der Waals surface area contributed by atoms with Crippen LogP contribution in [-0.2, 0) is 6.61 Å². The Kier molecular flexibility index (Phi) is 5.08. The first-order chi connectivity index (χ1) is 12.2. The molecule has 1 aromatic carbocycles. The molecule has 6 nitrogen and oxygen atoms in total. The van der Waals surface area contributed by atoms with E-state index in [4.69, 9.17) is 10.00 Å². The number of hydrogen-bond acceptors (Lipinski definition) is 6. The fourth-order valence-electron chi connectivity index (χ4n) is 2.57. The molecular weight excluding hydrogens is 321 g/mol. The van der Waals surface area contributed by atoms with Gasteiger partial charge in [0.05, 0.1) is 23.3 Å². The van der Waals surface area contributed by atoms with Crippen molar-refractivity contribution >= 4 is 5.82 Å². The summed E-state index contributed by atoms with van der Waals surface area (Å²) in [5.74, 6) is 0.449. The van der Waals surface area contributed by atoms with Gasteiger partial charge in [-0.3, -0.25) is 0 Å². The van der Waals surface area contributed by atoms with Crippen molar-refractivity contribution in [2.24, 2.45) is 0 Å². The van der Waals surface area contributed by atoms with Crippen molar-refractivity contribution in [1.82, 2.24) is 10.3 Å². The molecule has 0 atom stereocenters. The minimum atomic E-state index is -0.502. The average Bonchev–Trinajstić information content (AvgIpc) is 2.67. The molecule has 2 heterocycles. The first-order valence-corrected chi connectivity index (χ1v) is 7.89. The summed E-state index contributed by atoms with van der Waals surface area (Å²) < 4.78 is 19.5. The summed E-state index contributed by atoms with van der Waals surface area (Å²) in [5.41, 5.74) is 1.03. The van der Waals surface area contributed by atoms with Gasteiger partial charge in [0, 0.05) is 37.8 Å². The highest BCUT2D eigenvalue weighted by atomic mass is 19.1. The number of nitriles is 2. The van der Waals surface area contributed by atoms with Gasteiger partial charge < -0.3 is 15.0 Å². The second kappa shape index (κ2) is 7.61. The molecule has 0 bridgehead atoms. The molecule has 2 aromatic rings. The molecule has 0 aliphatic carbocycles. The van der Waals surface area contributed by atoms with E-state index in [1.54, 1.807) is 6.07 Å². The fraction of sp³-hybridized carbons (Fsp3) is 0.278. The number of benzene rings is 1. The van der Waals surface area contributed by atoms with E-state index in [1.165, 1.54) is 24.3 Å². The lowest BCUT2D eigenvalue weighted by Crippen LogP contribution is -2.43. The third-order valence-electron chi connectivity index (χ3n) is 3.92. The number of piperazine rings is 1. The summed E-state index contributed by atoms with van der Waals surface area (Å²) in [6.45, 7) is 3.27. The smallest absolute Gasteiger partial charge is 0.216 e.